The van der Waals surface area contributed by atoms with E-state index in [2.05, 4.69) is 18.4 Å². The maximum atomic E-state index is 14.7. The smallest absolute Gasteiger partial charge is 0.166 e. The Bertz CT molecular complexity index is 1170. The largest absolute Gasteiger partial charge is 0.206 e. The topological polar surface area (TPSA) is 0 Å². The van der Waals surface area contributed by atoms with Gasteiger partial charge in [0.15, 0.2) is 11.6 Å². The van der Waals surface area contributed by atoms with Crippen molar-refractivity contribution in [2.24, 2.45) is 5.92 Å². The summed E-state index contributed by atoms with van der Waals surface area (Å²) < 4.78 is 56.5. The van der Waals surface area contributed by atoms with Crippen LogP contribution in [0.15, 0.2) is 55.1 Å². The van der Waals surface area contributed by atoms with Gasteiger partial charge in [-0.15, -0.1) is 6.58 Å². The first-order valence-corrected chi connectivity index (χ1v) is 10.5. The molecule has 0 N–H and O–H groups in total. The van der Waals surface area contributed by atoms with Crippen LogP contribution in [0.1, 0.15) is 54.7 Å². The Balaban J connectivity index is 1.57. The normalized spacial score (nSPS) is 18.5. The SMILES string of the molecule is C=CCC1CCC(c2cc(F)c(C#Cc3ccc4c(F)c(F)ccc4c3)c(F)c2)CC1. The lowest BCUT2D eigenvalue weighted by Gasteiger charge is -2.28. The Labute approximate surface area is 179 Å². The van der Waals surface area contributed by atoms with Crippen LogP contribution in [0.2, 0.25) is 0 Å². The Kier molecular flexibility index (Phi) is 6.13. The number of allylic oxidation sites excluding steroid dienone is 1. The average molecular weight is 422 g/mol. The molecule has 3 aromatic carbocycles. The molecule has 0 aromatic heterocycles. The van der Waals surface area contributed by atoms with Gasteiger partial charge in [0, 0.05) is 10.9 Å². The van der Waals surface area contributed by atoms with Crippen LogP contribution < -0.4 is 0 Å². The third-order valence-corrected chi connectivity index (χ3v) is 6.12. The minimum Gasteiger partial charge on any atom is -0.206 e. The fourth-order valence-electron chi connectivity index (χ4n) is 4.39. The number of fused-ring (bicyclic) bond motifs is 1. The lowest BCUT2D eigenvalue weighted by Crippen LogP contribution is -2.13. The fraction of sp³-hybridized carbons (Fsp3) is 0.259. The van der Waals surface area contributed by atoms with Gasteiger partial charge in [-0.2, -0.15) is 0 Å². The summed E-state index contributed by atoms with van der Waals surface area (Å²) in [5, 5.41) is 0.601. The second-order valence-electron chi connectivity index (χ2n) is 8.15. The zero-order valence-corrected chi connectivity index (χ0v) is 17.0. The molecule has 1 fully saturated rings. The highest BCUT2D eigenvalue weighted by Crippen LogP contribution is 2.38. The van der Waals surface area contributed by atoms with Crippen LogP contribution in [0, 0.1) is 41.0 Å². The van der Waals surface area contributed by atoms with E-state index in [1.54, 1.807) is 6.07 Å². The molecule has 1 saturated carbocycles. The Morgan fingerprint density at radius 2 is 1.55 bits per heavy atom. The van der Waals surface area contributed by atoms with Crippen molar-refractivity contribution in [2.45, 2.75) is 38.0 Å². The molecule has 0 bridgehead atoms. The summed E-state index contributed by atoms with van der Waals surface area (Å²) in [5.74, 6) is 2.86. The van der Waals surface area contributed by atoms with Gasteiger partial charge in [0.1, 0.15) is 11.6 Å². The van der Waals surface area contributed by atoms with E-state index in [9.17, 15) is 17.6 Å². The summed E-state index contributed by atoms with van der Waals surface area (Å²) in [7, 11) is 0. The van der Waals surface area contributed by atoms with Crippen LogP contribution in [-0.2, 0) is 0 Å². The van der Waals surface area contributed by atoms with Crippen molar-refractivity contribution in [2.75, 3.05) is 0 Å². The second-order valence-corrected chi connectivity index (χ2v) is 8.15. The molecule has 4 rings (SSSR count). The molecular weight excluding hydrogens is 400 g/mol. The van der Waals surface area contributed by atoms with Crippen LogP contribution >= 0.6 is 0 Å². The minimum atomic E-state index is -0.928. The van der Waals surface area contributed by atoms with Crippen molar-refractivity contribution >= 4 is 10.8 Å². The van der Waals surface area contributed by atoms with Gasteiger partial charge in [-0.3, -0.25) is 0 Å². The van der Waals surface area contributed by atoms with Crippen molar-refractivity contribution in [3.05, 3.63) is 95.1 Å². The maximum absolute atomic E-state index is 14.7. The van der Waals surface area contributed by atoms with Crippen molar-refractivity contribution in [3.8, 4) is 11.8 Å². The van der Waals surface area contributed by atoms with Crippen LogP contribution in [0.5, 0.6) is 0 Å². The first-order valence-electron chi connectivity index (χ1n) is 10.5. The van der Waals surface area contributed by atoms with Gasteiger partial charge in [0.25, 0.3) is 0 Å². The van der Waals surface area contributed by atoms with Crippen LogP contribution in [0.3, 0.4) is 0 Å². The summed E-state index contributed by atoms with van der Waals surface area (Å²) in [6, 6.07) is 9.75. The summed E-state index contributed by atoms with van der Waals surface area (Å²) in [5.41, 5.74) is 0.859. The number of rotatable bonds is 3. The Hall–Kier alpha value is -3.06. The highest BCUT2D eigenvalue weighted by Gasteiger charge is 2.23. The third kappa shape index (κ3) is 4.51. The van der Waals surface area contributed by atoms with E-state index in [4.69, 9.17) is 0 Å². The van der Waals surface area contributed by atoms with E-state index in [1.165, 1.54) is 30.3 Å². The van der Waals surface area contributed by atoms with Gasteiger partial charge in [0.2, 0.25) is 0 Å². The minimum absolute atomic E-state index is 0.134. The Morgan fingerprint density at radius 1 is 0.839 bits per heavy atom. The Morgan fingerprint density at radius 3 is 2.23 bits per heavy atom. The summed E-state index contributed by atoms with van der Waals surface area (Å²) >= 11 is 0. The van der Waals surface area contributed by atoms with E-state index >= 15 is 0 Å². The van der Waals surface area contributed by atoms with Gasteiger partial charge in [0.05, 0.1) is 5.56 Å². The van der Waals surface area contributed by atoms with Gasteiger partial charge in [-0.25, -0.2) is 17.6 Å². The van der Waals surface area contributed by atoms with Gasteiger partial charge >= 0.3 is 0 Å². The molecule has 158 valence electrons. The molecular formula is C27H22F4. The average Bonchev–Trinajstić information content (AvgIpc) is 2.76. The number of hydrogen-bond donors (Lipinski definition) is 0. The number of benzene rings is 3. The zero-order chi connectivity index (χ0) is 22.0. The van der Waals surface area contributed by atoms with Gasteiger partial charge < -0.3 is 0 Å². The summed E-state index contributed by atoms with van der Waals surface area (Å²) in [4.78, 5) is 0. The third-order valence-electron chi connectivity index (χ3n) is 6.12. The molecule has 4 heteroatoms. The molecule has 3 aromatic rings. The standard InChI is InChI=1S/C27H22F4/c1-2-3-17-4-8-19(9-5-17)21-15-25(29)23(26(30)16-21)12-7-18-6-11-22-20(14-18)10-13-24(28)27(22)31/h2,6,10-11,13-17,19H,1,3-5,8-9H2. The van der Waals surface area contributed by atoms with Crippen LogP contribution in [0.25, 0.3) is 10.8 Å². The van der Waals surface area contributed by atoms with E-state index < -0.39 is 23.3 Å². The van der Waals surface area contributed by atoms with Crippen LogP contribution in [0.4, 0.5) is 17.6 Å². The van der Waals surface area contributed by atoms with Crippen molar-refractivity contribution < 1.29 is 17.6 Å². The van der Waals surface area contributed by atoms with Crippen molar-refractivity contribution in [1.29, 1.82) is 0 Å². The number of hydrogen-bond acceptors (Lipinski definition) is 0. The van der Waals surface area contributed by atoms with Crippen molar-refractivity contribution in [3.63, 3.8) is 0 Å². The predicted molar refractivity (Wildman–Crippen MR) is 116 cm³/mol. The van der Waals surface area contributed by atoms with Crippen LogP contribution in [-0.4, -0.2) is 0 Å². The summed E-state index contributed by atoms with van der Waals surface area (Å²) in [6.07, 6.45) is 6.82. The quantitative estimate of drug-likeness (QED) is 0.231. The van der Waals surface area contributed by atoms with E-state index in [1.807, 2.05) is 6.08 Å². The molecule has 31 heavy (non-hydrogen) atoms. The zero-order valence-electron chi connectivity index (χ0n) is 17.0. The predicted octanol–water partition coefficient (Wildman–Crippen LogP) is 7.65. The molecule has 0 radical (unpaired) electrons. The molecule has 0 unspecified atom stereocenters. The molecule has 1 aliphatic carbocycles. The molecule has 0 spiro atoms. The van der Waals surface area contributed by atoms with E-state index in [0.717, 1.165) is 38.2 Å². The molecule has 0 heterocycles. The van der Waals surface area contributed by atoms with Gasteiger partial charge in [-0.1, -0.05) is 30.0 Å². The highest BCUT2D eigenvalue weighted by atomic mass is 19.2. The maximum Gasteiger partial charge on any atom is 0.166 e. The first-order chi connectivity index (χ1) is 15.0. The lowest BCUT2D eigenvalue weighted by atomic mass is 9.77. The van der Waals surface area contributed by atoms with Gasteiger partial charge in [-0.05, 0) is 85.2 Å². The monoisotopic (exact) mass is 422 g/mol. The van der Waals surface area contributed by atoms with E-state index in [-0.39, 0.29) is 16.9 Å². The first kappa shape index (κ1) is 21.2. The molecule has 0 amide bonds. The molecule has 0 saturated heterocycles. The van der Waals surface area contributed by atoms with Crippen molar-refractivity contribution in [1.82, 2.24) is 0 Å². The summed E-state index contributed by atoms with van der Waals surface area (Å²) in [6.45, 7) is 3.78. The second kappa shape index (κ2) is 8.98. The van der Waals surface area contributed by atoms with E-state index in [0.29, 0.717) is 22.4 Å². The fourth-order valence-corrected chi connectivity index (χ4v) is 4.39. The number of halogens is 4. The lowest BCUT2D eigenvalue weighted by molar-refractivity contribution is 0.327. The molecule has 1 aliphatic rings. The molecule has 0 nitrogen and oxygen atoms in total. The molecule has 0 aliphatic heterocycles. The highest BCUT2D eigenvalue weighted by molar-refractivity contribution is 5.84. The molecule has 0 atom stereocenters.